The number of unbranched alkanes of at least 4 members (excludes halogenated alkanes) is 1. The van der Waals surface area contributed by atoms with E-state index >= 15 is 0 Å². The van der Waals surface area contributed by atoms with Crippen molar-refractivity contribution in [2.24, 2.45) is 11.8 Å². The molecular formula is C22H32N4O3. The van der Waals surface area contributed by atoms with Gasteiger partial charge in [-0.3, -0.25) is 9.20 Å². The van der Waals surface area contributed by atoms with Gasteiger partial charge in [-0.15, -0.1) is 0 Å². The van der Waals surface area contributed by atoms with Gasteiger partial charge in [-0.1, -0.05) is 13.3 Å². The van der Waals surface area contributed by atoms with Gasteiger partial charge in [-0.2, -0.15) is 0 Å². The van der Waals surface area contributed by atoms with E-state index in [4.69, 9.17) is 9.47 Å². The quantitative estimate of drug-likeness (QED) is 0.688. The maximum atomic E-state index is 13.1. The molecule has 7 nitrogen and oxygen atoms in total. The SMILES string of the molecule is CCCCOC1C[C@H]2CC[C@@H](C1)C2NC(=O)c1ncn2c(COC)cc(C)nc12. The first-order chi connectivity index (χ1) is 14.1. The van der Waals surface area contributed by atoms with Crippen molar-refractivity contribution in [3.05, 3.63) is 29.5 Å². The van der Waals surface area contributed by atoms with Crippen molar-refractivity contribution >= 4 is 11.6 Å². The number of carbonyl (C=O) groups excluding carboxylic acids is 1. The highest BCUT2D eigenvalue weighted by Gasteiger charge is 2.44. The van der Waals surface area contributed by atoms with Crippen molar-refractivity contribution in [3.8, 4) is 0 Å². The molecular weight excluding hydrogens is 368 g/mol. The number of aryl methyl sites for hydroxylation is 1. The third-order valence-electron chi connectivity index (χ3n) is 6.42. The zero-order valence-corrected chi connectivity index (χ0v) is 17.7. The molecule has 158 valence electrons. The molecule has 4 rings (SSSR count). The van der Waals surface area contributed by atoms with Crippen LogP contribution in [0.1, 0.15) is 67.3 Å². The number of hydrogen-bond donors (Lipinski definition) is 1. The molecule has 2 fully saturated rings. The largest absolute Gasteiger partial charge is 0.378 e. The zero-order chi connectivity index (χ0) is 20.4. The maximum Gasteiger partial charge on any atom is 0.274 e. The molecule has 2 heterocycles. The average molecular weight is 401 g/mol. The number of fused-ring (bicyclic) bond motifs is 3. The van der Waals surface area contributed by atoms with Crippen LogP contribution in [0.5, 0.6) is 0 Å². The van der Waals surface area contributed by atoms with Gasteiger partial charge >= 0.3 is 0 Å². The molecule has 7 heteroatoms. The van der Waals surface area contributed by atoms with Gasteiger partial charge < -0.3 is 14.8 Å². The second kappa shape index (κ2) is 8.79. The van der Waals surface area contributed by atoms with E-state index in [1.54, 1.807) is 13.4 Å². The monoisotopic (exact) mass is 400 g/mol. The van der Waals surface area contributed by atoms with Gasteiger partial charge in [-0.25, -0.2) is 9.97 Å². The Hall–Kier alpha value is -1.99. The van der Waals surface area contributed by atoms with Gasteiger partial charge in [0.2, 0.25) is 0 Å². The first-order valence-electron chi connectivity index (χ1n) is 10.9. The molecule has 0 spiro atoms. The molecule has 0 aromatic carbocycles. The van der Waals surface area contributed by atoms with Gasteiger partial charge in [0.15, 0.2) is 11.3 Å². The molecule has 0 aliphatic heterocycles. The number of carbonyl (C=O) groups is 1. The summed E-state index contributed by atoms with van der Waals surface area (Å²) in [5.41, 5.74) is 2.78. The maximum absolute atomic E-state index is 13.1. The first kappa shape index (κ1) is 20.3. The van der Waals surface area contributed by atoms with E-state index < -0.39 is 0 Å². The molecule has 2 aromatic rings. The van der Waals surface area contributed by atoms with Crippen molar-refractivity contribution in [1.82, 2.24) is 19.7 Å². The molecule has 29 heavy (non-hydrogen) atoms. The molecule has 2 bridgehead atoms. The molecule has 4 atom stereocenters. The summed E-state index contributed by atoms with van der Waals surface area (Å²) in [6, 6.07) is 2.17. The van der Waals surface area contributed by atoms with Crippen LogP contribution in [0, 0.1) is 18.8 Å². The van der Waals surface area contributed by atoms with Gasteiger partial charge in [-0.05, 0) is 56.9 Å². The Kier molecular flexibility index (Phi) is 6.15. The van der Waals surface area contributed by atoms with Crippen LogP contribution in [-0.4, -0.2) is 46.1 Å². The molecule has 1 N–H and O–H groups in total. The highest BCUT2D eigenvalue weighted by molar-refractivity contribution is 5.98. The second-order valence-corrected chi connectivity index (χ2v) is 8.52. The van der Waals surface area contributed by atoms with Crippen LogP contribution in [-0.2, 0) is 16.1 Å². The fraction of sp³-hybridized carbons (Fsp3) is 0.682. The predicted molar refractivity (Wildman–Crippen MR) is 110 cm³/mol. The van der Waals surface area contributed by atoms with Gasteiger partial charge in [0.1, 0.15) is 6.33 Å². The van der Waals surface area contributed by atoms with Crippen molar-refractivity contribution < 1.29 is 14.3 Å². The van der Waals surface area contributed by atoms with E-state index in [0.717, 1.165) is 43.7 Å². The van der Waals surface area contributed by atoms with Gasteiger partial charge in [0.25, 0.3) is 5.91 Å². The number of aromatic nitrogens is 3. The number of hydrogen-bond acceptors (Lipinski definition) is 5. The van der Waals surface area contributed by atoms with Gasteiger partial charge in [0.05, 0.1) is 18.4 Å². The van der Waals surface area contributed by atoms with Crippen LogP contribution in [0.3, 0.4) is 0 Å². The number of imidazole rings is 1. The summed E-state index contributed by atoms with van der Waals surface area (Å²) >= 11 is 0. The second-order valence-electron chi connectivity index (χ2n) is 8.52. The van der Waals surface area contributed by atoms with E-state index in [2.05, 4.69) is 22.2 Å². The van der Waals surface area contributed by atoms with E-state index in [1.165, 1.54) is 12.8 Å². The normalized spacial score (nSPS) is 26.2. The summed E-state index contributed by atoms with van der Waals surface area (Å²) in [5.74, 6) is 0.870. The third kappa shape index (κ3) is 4.16. The lowest BCUT2D eigenvalue weighted by Gasteiger charge is -2.35. The highest BCUT2D eigenvalue weighted by Crippen LogP contribution is 2.43. The topological polar surface area (TPSA) is 77.8 Å². The average Bonchev–Trinajstić information content (AvgIpc) is 3.20. The fourth-order valence-electron chi connectivity index (χ4n) is 5.05. The van der Waals surface area contributed by atoms with Crippen LogP contribution in [0.2, 0.25) is 0 Å². The summed E-state index contributed by atoms with van der Waals surface area (Å²) < 4.78 is 13.2. The number of ether oxygens (including phenoxy) is 2. The summed E-state index contributed by atoms with van der Waals surface area (Å²) in [5, 5.41) is 3.29. The lowest BCUT2D eigenvalue weighted by atomic mass is 9.82. The smallest absolute Gasteiger partial charge is 0.274 e. The predicted octanol–water partition coefficient (Wildman–Crippen LogP) is 3.29. The van der Waals surface area contributed by atoms with E-state index in [9.17, 15) is 4.79 Å². The Labute approximate surface area is 172 Å². The lowest BCUT2D eigenvalue weighted by molar-refractivity contribution is -0.00121. The standard InChI is InChI=1S/C22H32N4O3/c1-4-5-8-29-18-10-15-6-7-16(11-18)19(15)25-22(27)20-21-24-14(2)9-17(12-28-3)26(21)13-23-20/h9,13,15-16,18-19H,4-8,10-12H2,1-3H3,(H,25,27)/t15-,16+,18?,19?. The molecule has 2 aliphatic rings. The van der Waals surface area contributed by atoms with Crippen molar-refractivity contribution in [1.29, 1.82) is 0 Å². The fourth-order valence-corrected chi connectivity index (χ4v) is 5.05. The number of methoxy groups -OCH3 is 1. The van der Waals surface area contributed by atoms with Crippen LogP contribution < -0.4 is 5.32 Å². The minimum absolute atomic E-state index is 0.124. The van der Waals surface area contributed by atoms with Crippen LogP contribution >= 0.6 is 0 Å². The van der Waals surface area contributed by atoms with Crippen LogP contribution in [0.4, 0.5) is 0 Å². The molecule has 2 unspecified atom stereocenters. The summed E-state index contributed by atoms with van der Waals surface area (Å²) in [7, 11) is 1.66. The van der Waals surface area contributed by atoms with E-state index in [0.29, 0.717) is 35.9 Å². The molecule has 1 amide bonds. The van der Waals surface area contributed by atoms with Crippen molar-refractivity contribution in [2.45, 2.75) is 71.1 Å². The van der Waals surface area contributed by atoms with Crippen molar-refractivity contribution in [2.75, 3.05) is 13.7 Å². The number of nitrogens with one attached hydrogen (secondary N) is 1. The number of rotatable bonds is 8. The minimum atomic E-state index is -0.124. The molecule has 0 saturated heterocycles. The third-order valence-corrected chi connectivity index (χ3v) is 6.42. The van der Waals surface area contributed by atoms with Crippen LogP contribution in [0.25, 0.3) is 5.65 Å². The summed E-state index contributed by atoms with van der Waals surface area (Å²) in [6.45, 7) is 5.41. The Morgan fingerprint density at radius 1 is 1.31 bits per heavy atom. The molecule has 2 aliphatic carbocycles. The van der Waals surface area contributed by atoms with Crippen LogP contribution in [0.15, 0.2) is 12.4 Å². The molecule has 0 radical (unpaired) electrons. The summed E-state index contributed by atoms with van der Waals surface area (Å²) in [6.07, 6.45) is 8.73. The Balaban J connectivity index is 1.47. The minimum Gasteiger partial charge on any atom is -0.378 e. The highest BCUT2D eigenvalue weighted by atomic mass is 16.5. The Bertz CT molecular complexity index is 851. The number of nitrogens with zero attached hydrogens (tertiary/aromatic N) is 3. The molecule has 2 saturated carbocycles. The van der Waals surface area contributed by atoms with E-state index in [-0.39, 0.29) is 11.9 Å². The Morgan fingerprint density at radius 3 is 2.76 bits per heavy atom. The number of amides is 1. The molecule has 2 aromatic heterocycles. The van der Waals surface area contributed by atoms with Gasteiger partial charge in [0, 0.05) is 25.5 Å². The Morgan fingerprint density at radius 2 is 2.07 bits per heavy atom. The first-order valence-corrected chi connectivity index (χ1v) is 10.9. The zero-order valence-electron chi connectivity index (χ0n) is 17.7. The lowest BCUT2D eigenvalue weighted by Crippen LogP contribution is -2.46. The summed E-state index contributed by atoms with van der Waals surface area (Å²) in [4.78, 5) is 22.0. The van der Waals surface area contributed by atoms with Crippen molar-refractivity contribution in [3.63, 3.8) is 0 Å². The van der Waals surface area contributed by atoms with E-state index in [1.807, 2.05) is 17.4 Å².